The van der Waals surface area contributed by atoms with Crippen LogP contribution in [-0.2, 0) is 4.74 Å². The fourth-order valence-corrected chi connectivity index (χ4v) is 1.57. The van der Waals surface area contributed by atoms with Gasteiger partial charge in [-0.05, 0) is 6.42 Å². The lowest BCUT2D eigenvalue weighted by Gasteiger charge is -2.08. The molecule has 0 unspecified atom stereocenters. The highest BCUT2D eigenvalue weighted by Gasteiger charge is 2.18. The Labute approximate surface area is 106 Å². The smallest absolute Gasteiger partial charge is 0.345 e. The maximum Gasteiger partial charge on any atom is 0.345 e. The number of carbonyl (C=O) groups is 1. The summed E-state index contributed by atoms with van der Waals surface area (Å²) in [6.07, 6.45) is 3.89. The van der Waals surface area contributed by atoms with E-state index in [9.17, 15) is 15.0 Å². The van der Waals surface area contributed by atoms with Crippen molar-refractivity contribution in [1.82, 2.24) is 0 Å². The van der Waals surface area contributed by atoms with E-state index >= 15 is 0 Å². The molecule has 5 heteroatoms. The zero-order chi connectivity index (χ0) is 13.5. The van der Waals surface area contributed by atoms with Gasteiger partial charge in [-0.1, -0.05) is 26.2 Å². The van der Waals surface area contributed by atoms with Gasteiger partial charge in [0.05, 0.1) is 6.61 Å². The molecule has 0 fully saturated rings. The van der Waals surface area contributed by atoms with Crippen molar-refractivity contribution in [2.45, 2.75) is 32.6 Å². The molecular formula is C13H18O5. The zero-order valence-corrected chi connectivity index (χ0v) is 10.3. The van der Waals surface area contributed by atoms with Gasteiger partial charge in [0.15, 0.2) is 0 Å². The average molecular weight is 254 g/mol. The number of aromatic hydroxyl groups is 3. The molecule has 100 valence electrons. The van der Waals surface area contributed by atoms with Crippen LogP contribution in [0.15, 0.2) is 12.1 Å². The standard InChI is InChI=1S/C13H18O5/c1-2-3-4-5-6-18-13(17)12-10(15)7-9(14)8-11(12)16/h7-8,14-16H,2-6H2,1H3. The van der Waals surface area contributed by atoms with Gasteiger partial charge in [-0.25, -0.2) is 4.79 Å². The fraction of sp³-hybridized carbons (Fsp3) is 0.462. The van der Waals surface area contributed by atoms with E-state index in [1.165, 1.54) is 0 Å². The first kappa shape index (κ1) is 14.2. The number of unbranched alkanes of at least 4 members (excludes halogenated alkanes) is 3. The Morgan fingerprint density at radius 3 is 2.28 bits per heavy atom. The molecule has 0 atom stereocenters. The van der Waals surface area contributed by atoms with Crippen molar-refractivity contribution in [2.24, 2.45) is 0 Å². The predicted octanol–water partition coefficient (Wildman–Crippen LogP) is 2.54. The molecule has 0 spiro atoms. The molecule has 0 aliphatic heterocycles. The normalized spacial score (nSPS) is 10.3. The highest BCUT2D eigenvalue weighted by atomic mass is 16.5. The van der Waals surface area contributed by atoms with E-state index < -0.39 is 17.5 Å². The lowest BCUT2D eigenvalue weighted by Crippen LogP contribution is -2.07. The number of phenols is 3. The molecule has 1 aromatic carbocycles. The topological polar surface area (TPSA) is 87.0 Å². The molecule has 0 saturated heterocycles. The van der Waals surface area contributed by atoms with E-state index in [0.717, 1.165) is 37.8 Å². The summed E-state index contributed by atoms with van der Waals surface area (Å²) in [5.74, 6) is -2.09. The van der Waals surface area contributed by atoms with Gasteiger partial charge in [-0.3, -0.25) is 0 Å². The quantitative estimate of drug-likeness (QED) is 0.536. The molecule has 0 radical (unpaired) electrons. The maximum atomic E-state index is 11.6. The van der Waals surface area contributed by atoms with E-state index in [1.807, 2.05) is 0 Å². The number of hydrogen-bond acceptors (Lipinski definition) is 5. The van der Waals surface area contributed by atoms with E-state index in [1.54, 1.807) is 0 Å². The van der Waals surface area contributed by atoms with Gasteiger partial charge in [0.2, 0.25) is 0 Å². The Hall–Kier alpha value is -1.91. The fourth-order valence-electron chi connectivity index (χ4n) is 1.57. The largest absolute Gasteiger partial charge is 0.508 e. The molecule has 0 saturated carbocycles. The van der Waals surface area contributed by atoms with Crippen LogP contribution in [0.25, 0.3) is 0 Å². The Morgan fingerprint density at radius 2 is 1.72 bits per heavy atom. The second-order valence-electron chi connectivity index (χ2n) is 4.06. The van der Waals surface area contributed by atoms with E-state index in [0.29, 0.717) is 0 Å². The van der Waals surface area contributed by atoms with E-state index in [-0.39, 0.29) is 17.9 Å². The first-order chi connectivity index (χ1) is 8.56. The van der Waals surface area contributed by atoms with Gasteiger partial charge >= 0.3 is 5.97 Å². The third-order valence-electron chi connectivity index (χ3n) is 2.52. The summed E-state index contributed by atoms with van der Waals surface area (Å²) in [5, 5.41) is 28.0. The summed E-state index contributed by atoms with van der Waals surface area (Å²) in [5.41, 5.74) is -0.316. The molecule has 0 heterocycles. The summed E-state index contributed by atoms with van der Waals surface area (Å²) in [4.78, 5) is 11.6. The first-order valence-corrected chi connectivity index (χ1v) is 5.98. The van der Waals surface area contributed by atoms with Gasteiger partial charge in [0.25, 0.3) is 0 Å². The molecule has 0 aliphatic rings. The maximum absolute atomic E-state index is 11.6. The van der Waals surface area contributed by atoms with Crippen LogP contribution in [-0.4, -0.2) is 27.9 Å². The van der Waals surface area contributed by atoms with Crippen LogP contribution in [0.3, 0.4) is 0 Å². The van der Waals surface area contributed by atoms with Crippen LogP contribution >= 0.6 is 0 Å². The minimum atomic E-state index is -0.790. The van der Waals surface area contributed by atoms with Crippen molar-refractivity contribution < 1.29 is 24.9 Å². The Kier molecular flexibility index (Phi) is 5.30. The molecule has 0 bridgehead atoms. The molecule has 5 nitrogen and oxygen atoms in total. The number of benzene rings is 1. The second kappa shape index (κ2) is 6.74. The van der Waals surface area contributed by atoms with Crippen molar-refractivity contribution in [3.63, 3.8) is 0 Å². The summed E-state index contributed by atoms with van der Waals surface area (Å²) in [6.45, 7) is 2.33. The Morgan fingerprint density at radius 1 is 1.11 bits per heavy atom. The summed E-state index contributed by atoms with van der Waals surface area (Å²) in [6, 6.07) is 1.96. The molecule has 0 amide bonds. The number of rotatable bonds is 6. The number of carbonyl (C=O) groups excluding carboxylic acids is 1. The highest BCUT2D eigenvalue weighted by molar-refractivity contribution is 5.95. The average Bonchev–Trinajstić information content (AvgIpc) is 2.27. The number of esters is 1. The lowest BCUT2D eigenvalue weighted by atomic mass is 10.1. The number of hydrogen-bond donors (Lipinski definition) is 3. The molecule has 0 aliphatic carbocycles. The molecule has 0 aromatic heterocycles. The lowest BCUT2D eigenvalue weighted by molar-refractivity contribution is 0.0491. The van der Waals surface area contributed by atoms with Gasteiger partial charge < -0.3 is 20.1 Å². The predicted molar refractivity (Wildman–Crippen MR) is 65.9 cm³/mol. The molecule has 1 rings (SSSR count). The summed E-state index contributed by atoms with van der Waals surface area (Å²) < 4.78 is 4.94. The SMILES string of the molecule is CCCCCCOC(=O)c1c(O)cc(O)cc1O. The first-order valence-electron chi connectivity index (χ1n) is 5.98. The van der Waals surface area contributed by atoms with Gasteiger partial charge in [0, 0.05) is 12.1 Å². The van der Waals surface area contributed by atoms with Crippen LogP contribution < -0.4 is 0 Å². The number of ether oxygens (including phenoxy) is 1. The van der Waals surface area contributed by atoms with Gasteiger partial charge in [-0.2, -0.15) is 0 Å². The molecule has 3 N–H and O–H groups in total. The minimum Gasteiger partial charge on any atom is -0.508 e. The van der Waals surface area contributed by atoms with Crippen LogP contribution in [0.5, 0.6) is 17.2 Å². The Balaban J connectivity index is 2.57. The van der Waals surface area contributed by atoms with E-state index in [2.05, 4.69) is 6.92 Å². The van der Waals surface area contributed by atoms with E-state index in [4.69, 9.17) is 9.84 Å². The number of phenolic OH excluding ortho intramolecular Hbond substituents is 3. The second-order valence-corrected chi connectivity index (χ2v) is 4.06. The highest BCUT2D eigenvalue weighted by Crippen LogP contribution is 2.32. The molecule has 18 heavy (non-hydrogen) atoms. The van der Waals surface area contributed by atoms with Crippen molar-refractivity contribution >= 4 is 5.97 Å². The molecule has 1 aromatic rings. The van der Waals surface area contributed by atoms with Crippen LogP contribution in [0.4, 0.5) is 0 Å². The summed E-state index contributed by atoms with van der Waals surface area (Å²) >= 11 is 0. The zero-order valence-electron chi connectivity index (χ0n) is 10.3. The molecular weight excluding hydrogens is 236 g/mol. The monoisotopic (exact) mass is 254 g/mol. The third kappa shape index (κ3) is 3.84. The van der Waals surface area contributed by atoms with Crippen molar-refractivity contribution in [2.75, 3.05) is 6.61 Å². The Bertz CT molecular complexity index is 391. The van der Waals surface area contributed by atoms with Crippen LogP contribution in [0.2, 0.25) is 0 Å². The third-order valence-corrected chi connectivity index (χ3v) is 2.52. The van der Waals surface area contributed by atoms with Crippen molar-refractivity contribution in [3.8, 4) is 17.2 Å². The van der Waals surface area contributed by atoms with Crippen molar-refractivity contribution in [3.05, 3.63) is 17.7 Å². The van der Waals surface area contributed by atoms with Crippen LogP contribution in [0.1, 0.15) is 43.0 Å². The van der Waals surface area contributed by atoms with Crippen molar-refractivity contribution in [1.29, 1.82) is 0 Å². The van der Waals surface area contributed by atoms with Gasteiger partial charge in [-0.15, -0.1) is 0 Å². The van der Waals surface area contributed by atoms with Gasteiger partial charge in [0.1, 0.15) is 22.8 Å². The minimum absolute atomic E-state index is 0.249. The van der Waals surface area contributed by atoms with Crippen LogP contribution in [0, 0.1) is 0 Å². The summed E-state index contributed by atoms with van der Waals surface area (Å²) in [7, 11) is 0.